The molecule has 1 aromatic rings. The molecule has 0 aliphatic heterocycles. The molecule has 1 atom stereocenters. The van der Waals surface area contributed by atoms with Gasteiger partial charge in [0.05, 0.1) is 11.4 Å². The van der Waals surface area contributed by atoms with E-state index in [0.29, 0.717) is 0 Å². The highest BCUT2D eigenvalue weighted by Crippen LogP contribution is 2.28. The maximum absolute atomic E-state index is 11.2. The zero-order chi connectivity index (χ0) is 10.7. The molecule has 2 nitrogen and oxygen atoms in total. The van der Waals surface area contributed by atoms with Gasteiger partial charge >= 0.3 is 0 Å². The molecule has 0 spiro atoms. The van der Waals surface area contributed by atoms with Crippen molar-refractivity contribution in [2.75, 3.05) is 0 Å². The van der Waals surface area contributed by atoms with E-state index in [0.717, 1.165) is 16.7 Å². The molecule has 1 unspecified atom stereocenters. The van der Waals surface area contributed by atoms with Gasteiger partial charge in [0.2, 0.25) is 0 Å². The number of rotatable bonds is 3. The number of hydrogen-bond donors (Lipinski definition) is 1. The predicted molar refractivity (Wildman–Crippen MR) is 59.5 cm³/mol. The minimum absolute atomic E-state index is 0.0112. The molecule has 0 amide bonds. The SMILES string of the molecule is CC(=O)C(Br)c1cccc(CO)c1C. The molecule has 1 rings (SSSR count). The Kier molecular flexibility index (Phi) is 3.84. The first-order valence-electron chi connectivity index (χ1n) is 4.41. The molecule has 0 fully saturated rings. The number of alkyl halides is 1. The minimum atomic E-state index is -0.269. The fourth-order valence-corrected chi connectivity index (χ4v) is 1.86. The van der Waals surface area contributed by atoms with Gasteiger partial charge in [-0.25, -0.2) is 0 Å². The van der Waals surface area contributed by atoms with Gasteiger partial charge in [0, 0.05) is 0 Å². The van der Waals surface area contributed by atoms with E-state index in [-0.39, 0.29) is 17.2 Å². The monoisotopic (exact) mass is 256 g/mol. The number of halogens is 1. The molecule has 0 aliphatic carbocycles. The van der Waals surface area contributed by atoms with Gasteiger partial charge in [-0.05, 0) is 30.5 Å². The first-order chi connectivity index (χ1) is 6.57. The normalized spacial score (nSPS) is 12.6. The van der Waals surface area contributed by atoms with Gasteiger partial charge in [-0.3, -0.25) is 4.79 Å². The van der Waals surface area contributed by atoms with Crippen LogP contribution in [0.15, 0.2) is 18.2 Å². The lowest BCUT2D eigenvalue weighted by molar-refractivity contribution is -0.116. The van der Waals surface area contributed by atoms with Gasteiger partial charge in [0.1, 0.15) is 5.78 Å². The lowest BCUT2D eigenvalue weighted by Crippen LogP contribution is -2.04. The van der Waals surface area contributed by atoms with Gasteiger partial charge in [-0.1, -0.05) is 34.1 Å². The highest BCUT2D eigenvalue weighted by atomic mass is 79.9. The van der Waals surface area contributed by atoms with Crippen molar-refractivity contribution >= 4 is 21.7 Å². The molecule has 0 aliphatic rings. The number of aliphatic hydroxyl groups is 1. The third kappa shape index (κ3) is 2.22. The van der Waals surface area contributed by atoms with Gasteiger partial charge in [-0.15, -0.1) is 0 Å². The number of carbonyl (C=O) groups is 1. The van der Waals surface area contributed by atoms with Crippen LogP contribution in [0.2, 0.25) is 0 Å². The Labute approximate surface area is 92.1 Å². The molecule has 3 heteroatoms. The van der Waals surface area contributed by atoms with Crippen molar-refractivity contribution < 1.29 is 9.90 Å². The molecule has 0 aromatic heterocycles. The predicted octanol–water partition coefficient (Wildman–Crippen LogP) is 2.51. The van der Waals surface area contributed by atoms with E-state index in [4.69, 9.17) is 5.11 Å². The van der Waals surface area contributed by atoms with E-state index in [1.54, 1.807) is 6.92 Å². The average Bonchev–Trinajstić information content (AvgIpc) is 2.17. The molecule has 0 heterocycles. The summed E-state index contributed by atoms with van der Waals surface area (Å²) in [6, 6.07) is 5.61. The molecule has 76 valence electrons. The van der Waals surface area contributed by atoms with E-state index in [9.17, 15) is 4.79 Å². The standard InChI is InChI=1S/C11H13BrO2/c1-7-9(6-13)4-3-5-10(7)11(12)8(2)14/h3-5,11,13H,6H2,1-2H3. The molecule has 0 saturated heterocycles. The summed E-state index contributed by atoms with van der Waals surface area (Å²) in [4.78, 5) is 10.9. The molecule has 1 N–H and O–H groups in total. The molecule has 14 heavy (non-hydrogen) atoms. The van der Waals surface area contributed by atoms with Crippen molar-refractivity contribution in [3.05, 3.63) is 34.9 Å². The summed E-state index contributed by atoms with van der Waals surface area (Å²) in [6.07, 6.45) is 0. The van der Waals surface area contributed by atoms with Gasteiger partial charge in [0.15, 0.2) is 0 Å². The van der Waals surface area contributed by atoms with Crippen LogP contribution >= 0.6 is 15.9 Å². The molecule has 0 radical (unpaired) electrons. The highest BCUT2D eigenvalue weighted by Gasteiger charge is 2.15. The first-order valence-corrected chi connectivity index (χ1v) is 5.33. The van der Waals surface area contributed by atoms with Gasteiger partial charge in [-0.2, -0.15) is 0 Å². The van der Waals surface area contributed by atoms with Crippen molar-refractivity contribution in [1.29, 1.82) is 0 Å². The Hall–Kier alpha value is -0.670. The van der Waals surface area contributed by atoms with E-state index in [1.165, 1.54) is 0 Å². The summed E-state index contributed by atoms with van der Waals surface area (Å²) < 4.78 is 0. The molecule has 0 saturated carbocycles. The van der Waals surface area contributed by atoms with Gasteiger partial charge in [0.25, 0.3) is 0 Å². The van der Waals surface area contributed by atoms with Crippen LogP contribution in [0.5, 0.6) is 0 Å². The molecule has 0 bridgehead atoms. The fraction of sp³-hybridized carbons (Fsp3) is 0.364. The molecular weight excluding hydrogens is 244 g/mol. The maximum Gasteiger partial charge on any atom is 0.147 e. The molecule has 1 aromatic carbocycles. The third-order valence-corrected chi connectivity index (χ3v) is 3.43. The summed E-state index contributed by atoms with van der Waals surface area (Å²) in [6.45, 7) is 3.47. The Bertz CT molecular complexity index is 347. The Morgan fingerprint density at radius 2 is 2.21 bits per heavy atom. The lowest BCUT2D eigenvalue weighted by atomic mass is 9.99. The second kappa shape index (κ2) is 4.71. The Morgan fingerprint density at radius 1 is 1.57 bits per heavy atom. The van der Waals surface area contributed by atoms with Crippen molar-refractivity contribution in [2.24, 2.45) is 0 Å². The number of aliphatic hydroxyl groups excluding tert-OH is 1. The van der Waals surface area contributed by atoms with Crippen LogP contribution in [0, 0.1) is 6.92 Å². The van der Waals surface area contributed by atoms with E-state index >= 15 is 0 Å². The zero-order valence-corrected chi connectivity index (χ0v) is 9.84. The van der Waals surface area contributed by atoms with Crippen LogP contribution in [0.3, 0.4) is 0 Å². The second-order valence-electron chi connectivity index (χ2n) is 3.26. The lowest BCUT2D eigenvalue weighted by Gasteiger charge is -2.12. The van der Waals surface area contributed by atoms with Gasteiger partial charge < -0.3 is 5.11 Å². The van der Waals surface area contributed by atoms with E-state index < -0.39 is 0 Å². The summed E-state index contributed by atoms with van der Waals surface area (Å²) in [5, 5.41) is 9.06. The van der Waals surface area contributed by atoms with Crippen molar-refractivity contribution in [1.82, 2.24) is 0 Å². The quantitative estimate of drug-likeness (QED) is 0.845. The smallest absolute Gasteiger partial charge is 0.147 e. The van der Waals surface area contributed by atoms with E-state index in [2.05, 4.69) is 15.9 Å². The van der Waals surface area contributed by atoms with Crippen molar-refractivity contribution in [2.45, 2.75) is 25.3 Å². The fourth-order valence-electron chi connectivity index (χ4n) is 1.37. The van der Waals surface area contributed by atoms with Crippen LogP contribution in [0.4, 0.5) is 0 Å². The van der Waals surface area contributed by atoms with Crippen LogP contribution in [0.25, 0.3) is 0 Å². The maximum atomic E-state index is 11.2. The second-order valence-corrected chi connectivity index (χ2v) is 4.18. The summed E-state index contributed by atoms with van der Waals surface area (Å²) >= 11 is 3.33. The highest BCUT2D eigenvalue weighted by molar-refractivity contribution is 9.09. The number of ketones is 1. The average molecular weight is 257 g/mol. The van der Waals surface area contributed by atoms with Crippen LogP contribution in [-0.2, 0) is 11.4 Å². The van der Waals surface area contributed by atoms with E-state index in [1.807, 2.05) is 25.1 Å². The topological polar surface area (TPSA) is 37.3 Å². The summed E-state index contributed by atoms with van der Waals surface area (Å²) in [7, 11) is 0. The van der Waals surface area contributed by atoms with Crippen LogP contribution in [0.1, 0.15) is 28.4 Å². The third-order valence-electron chi connectivity index (χ3n) is 2.29. The zero-order valence-electron chi connectivity index (χ0n) is 8.25. The molecular formula is C11H13BrO2. The summed E-state index contributed by atoms with van der Waals surface area (Å²) in [5.41, 5.74) is 2.78. The Morgan fingerprint density at radius 3 is 2.71 bits per heavy atom. The van der Waals surface area contributed by atoms with Crippen LogP contribution < -0.4 is 0 Å². The van der Waals surface area contributed by atoms with Crippen molar-refractivity contribution in [3.63, 3.8) is 0 Å². The number of carbonyl (C=O) groups excluding carboxylic acids is 1. The first kappa shape index (κ1) is 11.4. The minimum Gasteiger partial charge on any atom is -0.392 e. The number of hydrogen-bond acceptors (Lipinski definition) is 2. The summed E-state index contributed by atoms with van der Waals surface area (Å²) in [5.74, 6) is 0.0724. The van der Waals surface area contributed by atoms with Crippen molar-refractivity contribution in [3.8, 4) is 0 Å². The van der Waals surface area contributed by atoms with Crippen LogP contribution in [-0.4, -0.2) is 10.9 Å². The number of benzene rings is 1. The number of Topliss-reactive ketones (excluding diaryl/α,β-unsaturated/α-hetero) is 1. The Balaban J connectivity index is 3.15. The largest absolute Gasteiger partial charge is 0.392 e.